The van der Waals surface area contributed by atoms with E-state index in [1.165, 1.54) is 24.8 Å². The van der Waals surface area contributed by atoms with Gasteiger partial charge in [-0.1, -0.05) is 12.5 Å². The Balaban J connectivity index is 0.00000180. The second kappa shape index (κ2) is 7.51. The summed E-state index contributed by atoms with van der Waals surface area (Å²) in [6.45, 7) is 1.16. The van der Waals surface area contributed by atoms with E-state index < -0.39 is 0 Å². The standard InChI is InChI=1S/C21H28N2O3.ClH/c22-20-14-3-1-4-15(20)10-16(9-14)21(24)23-8-2-5-17(23)13-6-7-18-19(11-13)26-12-25-18;/h6-7,11,14-17,20H,1-5,8-10,12,22H2;1H. The fourth-order valence-corrected chi connectivity index (χ4v) is 5.72. The Kier molecular flexibility index (Phi) is 5.26. The molecule has 1 aromatic carbocycles. The number of fused-ring (bicyclic) bond motifs is 3. The Morgan fingerprint density at radius 3 is 2.56 bits per heavy atom. The third-order valence-electron chi connectivity index (χ3n) is 7.08. The van der Waals surface area contributed by atoms with Crippen LogP contribution in [-0.4, -0.2) is 30.2 Å². The summed E-state index contributed by atoms with van der Waals surface area (Å²) in [6, 6.07) is 6.62. The minimum atomic E-state index is 0. The summed E-state index contributed by atoms with van der Waals surface area (Å²) in [5.41, 5.74) is 7.59. The molecular formula is C21H29ClN2O3. The molecule has 3 fully saturated rings. The van der Waals surface area contributed by atoms with Crippen molar-refractivity contribution in [3.05, 3.63) is 23.8 Å². The normalized spacial score (nSPS) is 34.3. The van der Waals surface area contributed by atoms with Gasteiger partial charge in [-0.2, -0.15) is 0 Å². The molecule has 0 spiro atoms. The van der Waals surface area contributed by atoms with Crippen molar-refractivity contribution in [1.82, 2.24) is 4.90 Å². The first-order valence-corrected chi connectivity index (χ1v) is 10.2. The highest BCUT2D eigenvalue weighted by Crippen LogP contribution is 2.45. The van der Waals surface area contributed by atoms with E-state index in [2.05, 4.69) is 17.0 Å². The van der Waals surface area contributed by atoms with Crippen LogP contribution in [0.4, 0.5) is 0 Å². The number of halogens is 1. The minimum absolute atomic E-state index is 0. The lowest BCUT2D eigenvalue weighted by molar-refractivity contribution is -0.139. The summed E-state index contributed by atoms with van der Waals surface area (Å²) < 4.78 is 11.0. The molecule has 0 radical (unpaired) electrons. The first kappa shape index (κ1) is 18.9. The van der Waals surface area contributed by atoms with Crippen LogP contribution < -0.4 is 15.2 Å². The van der Waals surface area contributed by atoms with E-state index >= 15 is 0 Å². The SMILES string of the molecule is Cl.NC1C2CCCC1CC(C(=O)N1CCCC1c1ccc3c(c1)OCO3)C2. The molecule has 1 saturated heterocycles. The highest BCUT2D eigenvalue weighted by atomic mass is 35.5. The number of nitrogens with two attached hydrogens (primary N) is 1. The molecule has 5 nitrogen and oxygen atoms in total. The molecule has 3 atom stereocenters. The van der Waals surface area contributed by atoms with E-state index in [1.807, 2.05) is 6.07 Å². The number of ether oxygens (including phenoxy) is 2. The summed E-state index contributed by atoms with van der Waals surface area (Å²) in [5.74, 6) is 3.22. The summed E-state index contributed by atoms with van der Waals surface area (Å²) in [5, 5.41) is 0. The Bertz CT molecular complexity index is 699. The number of carbonyl (C=O) groups excluding carboxylic acids is 1. The first-order chi connectivity index (χ1) is 12.7. The molecule has 2 N–H and O–H groups in total. The molecule has 3 unspecified atom stereocenters. The van der Waals surface area contributed by atoms with Gasteiger partial charge in [0.1, 0.15) is 0 Å². The summed E-state index contributed by atoms with van der Waals surface area (Å²) in [4.78, 5) is 15.5. The van der Waals surface area contributed by atoms with Crippen LogP contribution in [0, 0.1) is 17.8 Å². The van der Waals surface area contributed by atoms with E-state index in [9.17, 15) is 4.79 Å². The van der Waals surface area contributed by atoms with Gasteiger partial charge in [0.2, 0.25) is 12.7 Å². The topological polar surface area (TPSA) is 64.8 Å². The molecular weight excluding hydrogens is 364 g/mol. The Morgan fingerprint density at radius 2 is 1.78 bits per heavy atom. The number of rotatable bonds is 2. The van der Waals surface area contributed by atoms with Gasteiger partial charge in [-0.05, 0) is 68.1 Å². The zero-order chi connectivity index (χ0) is 17.7. The van der Waals surface area contributed by atoms with Crippen LogP contribution in [0.1, 0.15) is 56.6 Å². The van der Waals surface area contributed by atoms with Crippen molar-refractivity contribution in [2.24, 2.45) is 23.5 Å². The third-order valence-corrected chi connectivity index (χ3v) is 7.08. The maximum atomic E-state index is 13.4. The van der Waals surface area contributed by atoms with Gasteiger partial charge >= 0.3 is 0 Å². The second-order valence-corrected chi connectivity index (χ2v) is 8.50. The predicted octanol–water partition coefficient (Wildman–Crippen LogP) is 3.65. The van der Waals surface area contributed by atoms with Gasteiger partial charge < -0.3 is 20.1 Å². The van der Waals surface area contributed by atoms with Crippen molar-refractivity contribution >= 4 is 18.3 Å². The molecule has 2 bridgehead atoms. The largest absolute Gasteiger partial charge is 0.454 e. The third kappa shape index (κ3) is 3.29. The maximum Gasteiger partial charge on any atom is 0.231 e. The monoisotopic (exact) mass is 392 g/mol. The van der Waals surface area contributed by atoms with E-state index in [-0.39, 0.29) is 31.2 Å². The number of likely N-dealkylation sites (tertiary alicyclic amines) is 1. The number of hydrogen-bond donors (Lipinski definition) is 1. The van der Waals surface area contributed by atoms with Crippen molar-refractivity contribution in [2.45, 2.75) is 57.0 Å². The Hall–Kier alpha value is -1.46. The molecule has 0 aromatic heterocycles. The fraction of sp³-hybridized carbons (Fsp3) is 0.667. The van der Waals surface area contributed by atoms with Crippen LogP contribution in [0.2, 0.25) is 0 Å². The highest BCUT2D eigenvalue weighted by Gasteiger charge is 2.43. The number of benzene rings is 1. The summed E-state index contributed by atoms with van der Waals surface area (Å²) in [7, 11) is 0. The first-order valence-electron chi connectivity index (χ1n) is 10.2. The van der Waals surface area contributed by atoms with E-state index in [0.29, 0.717) is 23.8 Å². The van der Waals surface area contributed by atoms with Gasteiger partial charge in [-0.15, -0.1) is 12.4 Å². The second-order valence-electron chi connectivity index (χ2n) is 8.50. The Morgan fingerprint density at radius 1 is 1.04 bits per heavy atom. The molecule has 2 aliphatic carbocycles. The van der Waals surface area contributed by atoms with Crippen molar-refractivity contribution < 1.29 is 14.3 Å². The zero-order valence-corrected chi connectivity index (χ0v) is 16.5. The molecule has 6 heteroatoms. The van der Waals surface area contributed by atoms with Crippen LogP contribution in [0.25, 0.3) is 0 Å². The lowest BCUT2D eigenvalue weighted by atomic mass is 9.65. The Labute approximate surface area is 167 Å². The van der Waals surface area contributed by atoms with Crippen LogP contribution in [0.3, 0.4) is 0 Å². The quantitative estimate of drug-likeness (QED) is 0.834. The lowest BCUT2D eigenvalue weighted by Gasteiger charge is -2.44. The molecule has 148 valence electrons. The van der Waals surface area contributed by atoms with Gasteiger partial charge in [0.15, 0.2) is 11.5 Å². The highest BCUT2D eigenvalue weighted by molar-refractivity contribution is 5.85. The lowest BCUT2D eigenvalue weighted by Crippen LogP contribution is -2.49. The molecule has 1 aromatic rings. The van der Waals surface area contributed by atoms with E-state index in [0.717, 1.165) is 43.7 Å². The van der Waals surface area contributed by atoms with Crippen LogP contribution in [-0.2, 0) is 4.79 Å². The van der Waals surface area contributed by atoms with E-state index in [1.54, 1.807) is 0 Å². The van der Waals surface area contributed by atoms with Gasteiger partial charge in [-0.3, -0.25) is 4.79 Å². The number of nitrogens with zero attached hydrogens (tertiary/aromatic N) is 1. The number of hydrogen-bond acceptors (Lipinski definition) is 4. The molecule has 27 heavy (non-hydrogen) atoms. The average molecular weight is 393 g/mol. The van der Waals surface area contributed by atoms with Gasteiger partial charge in [0.05, 0.1) is 6.04 Å². The summed E-state index contributed by atoms with van der Waals surface area (Å²) >= 11 is 0. The van der Waals surface area contributed by atoms with Gasteiger partial charge in [-0.25, -0.2) is 0 Å². The molecule has 4 aliphatic rings. The molecule has 1 amide bonds. The molecule has 2 aliphatic heterocycles. The maximum absolute atomic E-state index is 13.4. The molecule has 2 saturated carbocycles. The summed E-state index contributed by atoms with van der Waals surface area (Å²) in [6.07, 6.45) is 7.77. The average Bonchev–Trinajstić information content (AvgIpc) is 3.29. The number of carbonyl (C=O) groups is 1. The van der Waals surface area contributed by atoms with Crippen LogP contribution in [0.5, 0.6) is 11.5 Å². The fourth-order valence-electron chi connectivity index (χ4n) is 5.72. The van der Waals surface area contributed by atoms with Crippen molar-refractivity contribution in [2.75, 3.05) is 13.3 Å². The van der Waals surface area contributed by atoms with Crippen molar-refractivity contribution in [3.8, 4) is 11.5 Å². The van der Waals surface area contributed by atoms with Gasteiger partial charge in [0.25, 0.3) is 0 Å². The zero-order valence-electron chi connectivity index (χ0n) is 15.6. The molecule has 5 rings (SSSR count). The van der Waals surface area contributed by atoms with Crippen molar-refractivity contribution in [3.63, 3.8) is 0 Å². The minimum Gasteiger partial charge on any atom is -0.454 e. The number of amides is 1. The van der Waals surface area contributed by atoms with Gasteiger partial charge in [0, 0.05) is 18.5 Å². The van der Waals surface area contributed by atoms with Crippen LogP contribution >= 0.6 is 12.4 Å². The molecule has 2 heterocycles. The van der Waals surface area contributed by atoms with Crippen LogP contribution in [0.15, 0.2) is 18.2 Å². The smallest absolute Gasteiger partial charge is 0.231 e. The van der Waals surface area contributed by atoms with Crippen molar-refractivity contribution in [1.29, 1.82) is 0 Å². The predicted molar refractivity (Wildman–Crippen MR) is 105 cm³/mol. The van der Waals surface area contributed by atoms with E-state index in [4.69, 9.17) is 15.2 Å².